The lowest BCUT2D eigenvalue weighted by atomic mass is 10.1. The number of rotatable bonds is 5. The lowest BCUT2D eigenvalue weighted by molar-refractivity contribution is 0.386. The van der Waals surface area contributed by atoms with E-state index in [0.717, 1.165) is 0 Å². The first-order valence-corrected chi connectivity index (χ1v) is 10.2. The van der Waals surface area contributed by atoms with Crippen molar-refractivity contribution in [2.75, 3.05) is 18.2 Å². The molecule has 0 saturated heterocycles. The molecule has 0 spiro atoms. The first kappa shape index (κ1) is 22.0. The molecule has 3 N–H and O–H groups in total. The highest BCUT2D eigenvalue weighted by Crippen LogP contribution is 2.29. The summed E-state index contributed by atoms with van der Waals surface area (Å²) in [5, 5.41) is 13.8. The van der Waals surface area contributed by atoms with Crippen molar-refractivity contribution in [2.45, 2.75) is 13.0 Å². The molecule has 1 atom stereocenters. The van der Waals surface area contributed by atoms with Crippen LogP contribution in [0, 0.1) is 17.1 Å². The molecule has 0 aliphatic carbocycles. The number of benzene rings is 2. The highest BCUT2D eigenvalue weighted by atomic mass is 35.5. The lowest BCUT2D eigenvalue weighted by Crippen LogP contribution is -2.26. The van der Waals surface area contributed by atoms with Gasteiger partial charge in [-0.1, -0.05) is 23.7 Å². The fourth-order valence-electron chi connectivity index (χ4n) is 3.58. The second-order valence-electron chi connectivity index (χ2n) is 7.20. The number of nitrogens with two attached hydrogens (primary N) is 1. The molecule has 0 aliphatic rings. The van der Waals surface area contributed by atoms with Gasteiger partial charge in [0.25, 0.3) is 5.56 Å². The van der Waals surface area contributed by atoms with Crippen LogP contribution in [0.2, 0.25) is 5.02 Å². The first-order valence-electron chi connectivity index (χ1n) is 9.81. The van der Waals surface area contributed by atoms with Gasteiger partial charge in [-0.25, -0.2) is 9.37 Å². The third-order valence-corrected chi connectivity index (χ3v) is 5.46. The fraction of sp³-hybridized carbons (Fsp3) is 0.130. The third kappa shape index (κ3) is 4.04. The number of halogens is 2. The molecule has 2 aromatic heterocycles. The second kappa shape index (κ2) is 8.76. The molecule has 10 heteroatoms. The molecule has 2 heterocycles. The molecule has 33 heavy (non-hydrogen) atoms. The van der Waals surface area contributed by atoms with E-state index in [2.05, 4.69) is 15.3 Å². The Morgan fingerprint density at radius 1 is 1.30 bits per heavy atom. The third-order valence-electron chi connectivity index (χ3n) is 5.14. The number of hydrogen-bond donors (Lipinski definition) is 2. The van der Waals surface area contributed by atoms with Gasteiger partial charge in [-0.05, 0) is 36.6 Å². The zero-order valence-corrected chi connectivity index (χ0v) is 18.4. The molecule has 0 aliphatic heterocycles. The van der Waals surface area contributed by atoms with Gasteiger partial charge < -0.3 is 15.8 Å². The van der Waals surface area contributed by atoms with Crippen molar-refractivity contribution >= 4 is 34.1 Å². The van der Waals surface area contributed by atoms with Gasteiger partial charge in [0.2, 0.25) is 5.95 Å². The van der Waals surface area contributed by atoms with Gasteiger partial charge >= 0.3 is 0 Å². The largest absolute Gasteiger partial charge is 0.494 e. The van der Waals surface area contributed by atoms with Crippen LogP contribution in [0.25, 0.3) is 16.5 Å². The van der Waals surface area contributed by atoms with Crippen molar-refractivity contribution in [1.29, 1.82) is 5.26 Å². The summed E-state index contributed by atoms with van der Waals surface area (Å²) < 4.78 is 20.6. The summed E-state index contributed by atoms with van der Waals surface area (Å²) in [7, 11) is 1.34. The number of ether oxygens (including phenoxy) is 1. The minimum absolute atomic E-state index is 0.00495. The van der Waals surface area contributed by atoms with Crippen LogP contribution in [0.3, 0.4) is 0 Å². The number of nitriles is 1. The van der Waals surface area contributed by atoms with E-state index in [1.54, 1.807) is 31.2 Å². The lowest BCUT2D eigenvalue weighted by Gasteiger charge is -2.22. The predicted molar refractivity (Wildman–Crippen MR) is 124 cm³/mol. The summed E-state index contributed by atoms with van der Waals surface area (Å²) in [6.07, 6.45) is 1.31. The quantitative estimate of drug-likeness (QED) is 0.454. The van der Waals surface area contributed by atoms with Crippen molar-refractivity contribution in [1.82, 2.24) is 14.5 Å². The second-order valence-corrected chi connectivity index (χ2v) is 7.61. The van der Waals surface area contributed by atoms with E-state index in [1.165, 1.54) is 36.1 Å². The van der Waals surface area contributed by atoms with Crippen LogP contribution in [0.15, 0.2) is 53.5 Å². The average molecular weight is 465 g/mol. The predicted octanol–water partition coefficient (Wildman–Crippen LogP) is 4.21. The molecule has 1 unspecified atom stereocenters. The molecule has 2 aromatic carbocycles. The van der Waals surface area contributed by atoms with E-state index >= 15 is 0 Å². The number of nitrogens with zero attached hydrogens (tertiary/aromatic N) is 4. The standard InChI is InChI=1S/C23H18ClFN6O2/c1-12(29-21-14(10-26)11-28-23(27)30-21)18-8-13-4-3-5-16(24)20(13)22(32)31(18)15-6-7-17(25)19(9-15)33-2/h3-9,11-12H,1-2H3,(H3,27,28,29,30). The monoisotopic (exact) mass is 464 g/mol. The maximum Gasteiger partial charge on any atom is 0.264 e. The Morgan fingerprint density at radius 2 is 2.09 bits per heavy atom. The van der Waals surface area contributed by atoms with Crippen LogP contribution in [0.1, 0.15) is 24.2 Å². The van der Waals surface area contributed by atoms with E-state index in [0.29, 0.717) is 27.2 Å². The summed E-state index contributed by atoms with van der Waals surface area (Å²) in [6.45, 7) is 1.79. The van der Waals surface area contributed by atoms with Crippen LogP contribution in [-0.2, 0) is 0 Å². The number of anilines is 2. The molecule has 4 rings (SSSR count). The molecule has 8 nitrogen and oxygen atoms in total. The highest BCUT2D eigenvalue weighted by molar-refractivity contribution is 6.35. The highest BCUT2D eigenvalue weighted by Gasteiger charge is 2.20. The molecule has 0 amide bonds. The Hall–Kier alpha value is -4.16. The number of methoxy groups -OCH3 is 1. The van der Waals surface area contributed by atoms with Crippen LogP contribution in [-0.4, -0.2) is 21.6 Å². The summed E-state index contributed by atoms with van der Waals surface area (Å²) >= 11 is 6.34. The minimum Gasteiger partial charge on any atom is -0.494 e. The normalized spacial score (nSPS) is 11.7. The van der Waals surface area contributed by atoms with E-state index in [9.17, 15) is 14.4 Å². The van der Waals surface area contributed by atoms with Gasteiger partial charge in [0.1, 0.15) is 17.5 Å². The van der Waals surface area contributed by atoms with Crippen molar-refractivity contribution in [3.05, 3.63) is 81.1 Å². The van der Waals surface area contributed by atoms with E-state index in [-0.39, 0.29) is 23.1 Å². The van der Waals surface area contributed by atoms with Crippen molar-refractivity contribution in [3.63, 3.8) is 0 Å². The van der Waals surface area contributed by atoms with Gasteiger partial charge in [0, 0.05) is 11.8 Å². The molecule has 0 radical (unpaired) electrons. The molecule has 4 aromatic rings. The number of fused-ring (bicyclic) bond motifs is 1. The van der Waals surface area contributed by atoms with Crippen molar-refractivity contribution in [2.24, 2.45) is 0 Å². The van der Waals surface area contributed by atoms with Gasteiger partial charge in [0.15, 0.2) is 11.6 Å². The van der Waals surface area contributed by atoms with Gasteiger partial charge in [-0.2, -0.15) is 10.2 Å². The summed E-state index contributed by atoms with van der Waals surface area (Å²) in [5.41, 5.74) is 6.39. The number of aromatic nitrogens is 3. The molecule has 166 valence electrons. The molecular weight excluding hydrogens is 447 g/mol. The molecule has 0 saturated carbocycles. The van der Waals surface area contributed by atoms with Crippen molar-refractivity contribution < 1.29 is 9.13 Å². The number of nitrogen functional groups attached to an aromatic ring is 1. The number of pyridine rings is 1. The Morgan fingerprint density at radius 3 is 2.82 bits per heavy atom. The molecule has 0 fully saturated rings. The zero-order valence-electron chi connectivity index (χ0n) is 17.6. The first-order chi connectivity index (χ1) is 15.8. The van der Waals surface area contributed by atoms with Gasteiger partial charge in [-0.3, -0.25) is 9.36 Å². The number of nitrogens with one attached hydrogen (secondary N) is 1. The van der Waals surface area contributed by atoms with E-state index in [1.807, 2.05) is 6.07 Å². The maximum atomic E-state index is 14.1. The smallest absolute Gasteiger partial charge is 0.264 e. The summed E-state index contributed by atoms with van der Waals surface area (Å²) in [4.78, 5) is 21.5. The maximum absolute atomic E-state index is 14.1. The SMILES string of the molecule is COc1cc(-n2c(C(C)Nc3nc(N)ncc3C#N)cc3cccc(Cl)c3c2=O)ccc1F. The summed E-state index contributed by atoms with van der Waals surface area (Å²) in [6, 6.07) is 12.6. The van der Waals surface area contributed by atoms with Gasteiger partial charge in [0.05, 0.1) is 35.4 Å². The van der Waals surface area contributed by atoms with Crippen LogP contribution in [0.5, 0.6) is 5.75 Å². The topological polar surface area (TPSA) is 119 Å². The molecular formula is C23H18ClFN6O2. The Labute approximate surface area is 193 Å². The van der Waals surface area contributed by atoms with Crippen LogP contribution in [0.4, 0.5) is 16.2 Å². The summed E-state index contributed by atoms with van der Waals surface area (Å²) in [5.74, 6) is -0.356. The van der Waals surface area contributed by atoms with Crippen molar-refractivity contribution in [3.8, 4) is 17.5 Å². The zero-order chi connectivity index (χ0) is 23.7. The average Bonchev–Trinajstić information content (AvgIpc) is 2.79. The molecule has 0 bridgehead atoms. The fourth-order valence-corrected chi connectivity index (χ4v) is 3.84. The van der Waals surface area contributed by atoms with Crippen LogP contribution >= 0.6 is 11.6 Å². The van der Waals surface area contributed by atoms with E-state index in [4.69, 9.17) is 22.1 Å². The number of hydrogen-bond acceptors (Lipinski definition) is 7. The van der Waals surface area contributed by atoms with E-state index < -0.39 is 17.4 Å². The minimum atomic E-state index is -0.559. The Bertz CT molecular complexity index is 1480. The Balaban J connectivity index is 1.96. The van der Waals surface area contributed by atoms with Crippen LogP contribution < -0.4 is 21.3 Å². The Kier molecular flexibility index (Phi) is 5.85. The van der Waals surface area contributed by atoms with Gasteiger partial charge in [-0.15, -0.1) is 0 Å².